The molecule has 0 saturated heterocycles. The molecule has 1 unspecified atom stereocenters. The third kappa shape index (κ3) is 4.28. The lowest BCUT2D eigenvalue weighted by atomic mass is 9.92. The third-order valence-electron chi connectivity index (χ3n) is 6.58. The minimum absolute atomic E-state index is 0.0651. The Morgan fingerprint density at radius 3 is 2.30 bits per heavy atom. The smallest absolute Gasteiger partial charge is 0.345 e. The molecule has 1 atom stereocenters. The zero-order valence-corrected chi connectivity index (χ0v) is 20.0. The summed E-state index contributed by atoms with van der Waals surface area (Å²) in [6, 6.07) is 25.2. The number of rotatable bonds is 6. The van der Waals surface area contributed by atoms with Crippen molar-refractivity contribution in [3.8, 4) is 10.6 Å². The van der Waals surface area contributed by atoms with E-state index < -0.39 is 5.60 Å². The lowest BCUT2D eigenvalue weighted by molar-refractivity contribution is -0.163. The van der Waals surface area contributed by atoms with E-state index >= 15 is 0 Å². The van der Waals surface area contributed by atoms with Gasteiger partial charge in [-0.1, -0.05) is 42.5 Å². The highest BCUT2D eigenvalue weighted by Gasteiger charge is 2.39. The van der Waals surface area contributed by atoms with Gasteiger partial charge in [-0.05, 0) is 68.4 Å². The van der Waals surface area contributed by atoms with Crippen molar-refractivity contribution < 1.29 is 14.3 Å². The molecule has 1 fully saturated rings. The van der Waals surface area contributed by atoms with Crippen LogP contribution in [0.5, 0.6) is 5.75 Å². The fourth-order valence-electron chi connectivity index (χ4n) is 5.02. The van der Waals surface area contributed by atoms with Gasteiger partial charge in [0.2, 0.25) is 0 Å². The van der Waals surface area contributed by atoms with Crippen LogP contribution in [-0.4, -0.2) is 12.6 Å². The lowest BCUT2D eigenvalue weighted by Gasteiger charge is -2.29. The number of hydrogen-bond acceptors (Lipinski definition) is 3. The van der Waals surface area contributed by atoms with Crippen LogP contribution >= 0.6 is 10.5 Å². The van der Waals surface area contributed by atoms with Gasteiger partial charge in [0.05, 0.1) is 0 Å². The first-order valence-electron chi connectivity index (χ1n) is 11.6. The average Bonchev–Trinajstić information content (AvgIpc) is 3.47. The molecule has 0 radical (unpaired) electrons. The molecule has 1 aliphatic rings. The Morgan fingerprint density at radius 2 is 1.58 bits per heavy atom. The van der Waals surface area contributed by atoms with E-state index in [-0.39, 0.29) is 23.0 Å². The Labute approximate surface area is 198 Å². The van der Waals surface area contributed by atoms with Crippen LogP contribution in [0.15, 0.2) is 78.2 Å². The van der Waals surface area contributed by atoms with Gasteiger partial charge in [-0.15, -0.1) is 0 Å². The summed E-state index contributed by atoms with van der Waals surface area (Å²) in [7, 11) is -0.0651. The molecule has 5 rings (SSSR count). The molecular weight excluding hydrogens is 428 g/mol. The van der Waals surface area contributed by atoms with Crippen LogP contribution in [0.2, 0.25) is 0 Å². The molecule has 4 aromatic rings. The lowest BCUT2D eigenvalue weighted by Crippen LogP contribution is -2.31. The van der Waals surface area contributed by atoms with E-state index in [1.807, 2.05) is 18.2 Å². The van der Waals surface area contributed by atoms with Crippen LogP contribution in [0.3, 0.4) is 0 Å². The second-order valence-corrected chi connectivity index (χ2v) is 10.8. The molecule has 3 aromatic carbocycles. The first-order valence-corrected chi connectivity index (χ1v) is 12.9. The Kier molecular flexibility index (Phi) is 5.94. The van der Waals surface area contributed by atoms with Gasteiger partial charge in [0.15, 0.2) is 16.2 Å². The number of carbonyl (C=O) groups is 1. The molecule has 0 amide bonds. The molecule has 3 nitrogen and oxygen atoms in total. The minimum Gasteiger partial charge on any atom is -0.481 e. The predicted octanol–water partition coefficient (Wildman–Crippen LogP) is 7.59. The monoisotopic (exact) mass is 457 g/mol. The van der Waals surface area contributed by atoms with Gasteiger partial charge in [0.1, 0.15) is 16.7 Å². The van der Waals surface area contributed by atoms with Gasteiger partial charge in [-0.2, -0.15) is 0 Å². The SMILES string of the molecule is Cc1cc(-[s+]2ccc3ccccc32)cc(C)c1OCC(=O)OC1(c2ccccc2)CCCC1. The Hall–Kier alpha value is -3.11. The van der Waals surface area contributed by atoms with Crippen molar-refractivity contribution in [2.45, 2.75) is 45.1 Å². The number of carbonyl (C=O) groups excluding carboxylic acids is 1. The van der Waals surface area contributed by atoms with Gasteiger partial charge in [-0.3, -0.25) is 0 Å². The third-order valence-corrected chi connectivity index (χ3v) is 8.58. The summed E-state index contributed by atoms with van der Waals surface area (Å²) in [5, 5.41) is 3.57. The predicted molar refractivity (Wildman–Crippen MR) is 135 cm³/mol. The summed E-state index contributed by atoms with van der Waals surface area (Å²) in [5.41, 5.74) is 2.65. The summed E-state index contributed by atoms with van der Waals surface area (Å²) >= 11 is 0. The number of ether oxygens (including phenoxy) is 2. The summed E-state index contributed by atoms with van der Waals surface area (Å²) < 4.78 is 13.4. The minimum atomic E-state index is -0.515. The van der Waals surface area contributed by atoms with Crippen molar-refractivity contribution in [3.05, 3.63) is 94.9 Å². The number of fused-ring (bicyclic) bond motifs is 1. The van der Waals surface area contributed by atoms with Crippen molar-refractivity contribution in [1.29, 1.82) is 0 Å². The summed E-state index contributed by atoms with van der Waals surface area (Å²) in [5.74, 6) is 0.467. The van der Waals surface area contributed by atoms with E-state index in [9.17, 15) is 4.79 Å². The van der Waals surface area contributed by atoms with E-state index in [4.69, 9.17) is 9.47 Å². The number of hydrogen-bond donors (Lipinski definition) is 0. The van der Waals surface area contributed by atoms with Gasteiger partial charge in [0.25, 0.3) is 0 Å². The topological polar surface area (TPSA) is 35.5 Å². The maximum atomic E-state index is 12.8. The Balaban J connectivity index is 1.32. The number of thiophene rings is 1. The molecule has 1 aliphatic carbocycles. The molecule has 33 heavy (non-hydrogen) atoms. The second kappa shape index (κ2) is 9.03. The molecular formula is C29H29O3S+. The molecule has 168 valence electrons. The van der Waals surface area contributed by atoms with Gasteiger partial charge < -0.3 is 9.47 Å². The molecule has 1 aromatic heterocycles. The standard InChI is InChI=1S/C29H29O3S/c1-21-18-25(33-17-14-23-10-6-7-13-26(23)33)19-22(2)28(21)31-20-27(30)32-29(15-8-9-16-29)24-11-4-3-5-12-24/h3-7,10-14,17-19H,8-9,15-16,20H2,1-2H3/q+1. The van der Waals surface area contributed by atoms with E-state index in [2.05, 4.69) is 73.8 Å². The summed E-state index contributed by atoms with van der Waals surface area (Å²) in [6.45, 7) is 4.02. The normalized spacial score (nSPS) is 15.5. The van der Waals surface area contributed by atoms with E-state index in [1.54, 1.807) is 0 Å². The first-order chi connectivity index (χ1) is 16.1. The fraction of sp³-hybridized carbons (Fsp3) is 0.276. The van der Waals surface area contributed by atoms with E-state index in [0.29, 0.717) is 0 Å². The highest BCUT2D eigenvalue weighted by Crippen LogP contribution is 2.43. The zero-order valence-electron chi connectivity index (χ0n) is 19.2. The zero-order chi connectivity index (χ0) is 22.8. The highest BCUT2D eigenvalue weighted by atomic mass is 32.2. The molecule has 1 heterocycles. The van der Waals surface area contributed by atoms with Crippen LogP contribution in [0, 0.1) is 13.8 Å². The van der Waals surface area contributed by atoms with Crippen molar-refractivity contribution in [2.24, 2.45) is 0 Å². The molecule has 0 N–H and O–H groups in total. The van der Waals surface area contributed by atoms with Crippen molar-refractivity contribution in [1.82, 2.24) is 0 Å². The van der Waals surface area contributed by atoms with Gasteiger partial charge in [0, 0.05) is 34.1 Å². The molecule has 0 spiro atoms. The molecule has 0 bridgehead atoms. The summed E-state index contributed by atoms with van der Waals surface area (Å²) in [4.78, 5) is 14.1. The summed E-state index contributed by atoms with van der Waals surface area (Å²) in [6.07, 6.45) is 3.88. The van der Waals surface area contributed by atoms with Gasteiger partial charge >= 0.3 is 5.97 Å². The molecule has 0 aliphatic heterocycles. The maximum Gasteiger partial charge on any atom is 0.345 e. The fourth-order valence-corrected chi connectivity index (χ4v) is 7.08. The number of benzene rings is 3. The van der Waals surface area contributed by atoms with Crippen molar-refractivity contribution in [2.75, 3.05) is 6.61 Å². The number of aryl methyl sites for hydroxylation is 2. The van der Waals surface area contributed by atoms with Crippen LogP contribution in [0.1, 0.15) is 42.4 Å². The van der Waals surface area contributed by atoms with Crippen LogP contribution in [0.4, 0.5) is 0 Å². The van der Waals surface area contributed by atoms with E-state index in [1.165, 1.54) is 15.0 Å². The Morgan fingerprint density at radius 1 is 0.909 bits per heavy atom. The van der Waals surface area contributed by atoms with Crippen molar-refractivity contribution >= 4 is 26.5 Å². The van der Waals surface area contributed by atoms with Crippen molar-refractivity contribution in [3.63, 3.8) is 0 Å². The quantitative estimate of drug-likeness (QED) is 0.221. The van der Waals surface area contributed by atoms with Crippen LogP contribution < -0.4 is 4.74 Å². The van der Waals surface area contributed by atoms with Gasteiger partial charge in [-0.25, -0.2) is 4.79 Å². The molecule has 1 saturated carbocycles. The highest BCUT2D eigenvalue weighted by molar-refractivity contribution is 7.43. The largest absolute Gasteiger partial charge is 0.481 e. The number of esters is 1. The molecule has 4 heteroatoms. The first kappa shape index (κ1) is 21.7. The average molecular weight is 458 g/mol. The Bertz CT molecular complexity index is 1260. The van der Waals surface area contributed by atoms with Crippen LogP contribution in [0.25, 0.3) is 15.0 Å². The van der Waals surface area contributed by atoms with Crippen LogP contribution in [-0.2, 0) is 15.1 Å². The second-order valence-electron chi connectivity index (χ2n) is 8.89. The maximum absolute atomic E-state index is 12.8. The van der Waals surface area contributed by atoms with E-state index in [0.717, 1.165) is 48.1 Å².